The molecule has 10 nitrogen and oxygen atoms in total. The molecule has 0 aliphatic carbocycles. The van der Waals surface area contributed by atoms with Crippen LogP contribution in [0.15, 0.2) is 12.7 Å². The Morgan fingerprint density at radius 2 is 1.00 bits per heavy atom. The van der Waals surface area contributed by atoms with Crippen LogP contribution in [0.4, 0.5) is 0 Å². The number of ether oxygens (including phenoxy) is 2. The molecule has 0 heterocycles. The van der Waals surface area contributed by atoms with Gasteiger partial charge in [-0.05, 0) is 25.7 Å². The second-order valence-corrected chi connectivity index (χ2v) is 15.6. The lowest BCUT2D eigenvalue weighted by atomic mass is 10.0. The van der Waals surface area contributed by atoms with Crippen LogP contribution in [0.3, 0.4) is 0 Å². The van der Waals surface area contributed by atoms with Gasteiger partial charge < -0.3 is 24.6 Å². The van der Waals surface area contributed by atoms with Gasteiger partial charge in [0.25, 0.3) is 0 Å². The molecule has 302 valence electrons. The summed E-state index contributed by atoms with van der Waals surface area (Å²) in [5.41, 5.74) is 0. The number of esters is 2. The van der Waals surface area contributed by atoms with Crippen molar-refractivity contribution >= 4 is 19.8 Å². The average Bonchev–Trinajstić information content (AvgIpc) is 3.12. The molecule has 0 aromatic heterocycles. The number of unbranched alkanes of at least 4 members (excludes halogenated alkanes) is 25. The summed E-state index contributed by atoms with van der Waals surface area (Å²) >= 11 is 0. The van der Waals surface area contributed by atoms with E-state index >= 15 is 0 Å². The first kappa shape index (κ1) is 49.7. The van der Waals surface area contributed by atoms with Crippen molar-refractivity contribution in [3.8, 4) is 0 Å². The number of hydrogen-bond acceptors (Lipinski definition) is 9. The molecule has 0 aliphatic rings. The molecule has 0 fully saturated rings. The van der Waals surface area contributed by atoms with Crippen LogP contribution in [0.2, 0.25) is 0 Å². The molecule has 0 aromatic carbocycles. The van der Waals surface area contributed by atoms with E-state index in [1.807, 2.05) is 6.08 Å². The first-order valence-corrected chi connectivity index (χ1v) is 22.1. The second-order valence-electron chi connectivity index (χ2n) is 14.1. The molecule has 0 amide bonds. The molecule has 1 unspecified atom stereocenters. The van der Waals surface area contributed by atoms with Crippen molar-refractivity contribution in [3.63, 3.8) is 0 Å². The lowest BCUT2D eigenvalue weighted by Crippen LogP contribution is -2.29. The lowest BCUT2D eigenvalue weighted by Gasteiger charge is -2.20. The number of carbonyl (C=O) groups excluding carboxylic acids is 2. The van der Waals surface area contributed by atoms with Crippen LogP contribution in [-0.4, -0.2) is 65.7 Å². The van der Waals surface area contributed by atoms with E-state index in [-0.39, 0.29) is 19.4 Å². The van der Waals surface area contributed by atoms with Gasteiger partial charge in [0.2, 0.25) is 0 Å². The van der Waals surface area contributed by atoms with Gasteiger partial charge in [0.05, 0.1) is 19.8 Å². The maximum atomic E-state index is 12.6. The summed E-state index contributed by atoms with van der Waals surface area (Å²) in [6, 6.07) is 0. The van der Waals surface area contributed by atoms with Crippen LogP contribution < -0.4 is 0 Å². The predicted molar refractivity (Wildman–Crippen MR) is 205 cm³/mol. The Hall–Kier alpha value is -1.29. The van der Waals surface area contributed by atoms with E-state index in [2.05, 4.69) is 18.0 Å². The topological polar surface area (TPSA) is 149 Å². The predicted octanol–water partition coefficient (Wildman–Crippen LogP) is 10.4. The van der Waals surface area contributed by atoms with Crippen LogP contribution >= 0.6 is 7.82 Å². The molecule has 0 aliphatic heterocycles. The van der Waals surface area contributed by atoms with E-state index in [1.165, 1.54) is 116 Å². The Labute approximate surface area is 311 Å². The molecule has 0 radical (unpaired) electrons. The Bertz CT molecular complexity index is 855. The zero-order valence-electron chi connectivity index (χ0n) is 32.4. The number of aliphatic hydroxyl groups excluding tert-OH is 2. The summed E-state index contributed by atoms with van der Waals surface area (Å²) in [4.78, 5) is 34.9. The minimum Gasteiger partial charge on any atom is -0.462 e. The van der Waals surface area contributed by atoms with E-state index < -0.39 is 51.8 Å². The molecule has 0 saturated carbocycles. The Kier molecular flexibility index (Phi) is 36.1. The maximum Gasteiger partial charge on any atom is 0.472 e. The molecular weight excluding hydrogens is 671 g/mol. The molecule has 11 heteroatoms. The van der Waals surface area contributed by atoms with Gasteiger partial charge in [-0.3, -0.25) is 18.6 Å². The first-order valence-electron chi connectivity index (χ1n) is 20.6. The van der Waals surface area contributed by atoms with Crippen LogP contribution in [0.5, 0.6) is 0 Å². The van der Waals surface area contributed by atoms with Crippen molar-refractivity contribution in [2.75, 3.05) is 26.4 Å². The van der Waals surface area contributed by atoms with Crippen LogP contribution in [0.1, 0.15) is 193 Å². The summed E-state index contributed by atoms with van der Waals surface area (Å²) in [7, 11) is -4.61. The third-order valence-corrected chi connectivity index (χ3v) is 10.0. The normalized spacial score (nSPS) is 13.8. The number of phosphoric acid groups is 1. The first-order chi connectivity index (χ1) is 24.7. The fourth-order valence-electron chi connectivity index (χ4n) is 5.86. The molecule has 0 bridgehead atoms. The van der Waals surface area contributed by atoms with E-state index in [0.29, 0.717) is 12.8 Å². The van der Waals surface area contributed by atoms with Gasteiger partial charge in [0.15, 0.2) is 6.10 Å². The summed E-state index contributed by atoms with van der Waals surface area (Å²) in [6.07, 6.45) is 32.1. The minimum absolute atomic E-state index is 0.187. The zero-order valence-corrected chi connectivity index (χ0v) is 33.3. The van der Waals surface area contributed by atoms with Crippen molar-refractivity contribution in [2.24, 2.45) is 0 Å². The standard InChI is InChI=1S/C40H77O10P/c1-3-5-7-9-11-13-15-17-18-20-22-24-26-28-30-32-40(44)50-38(36-49-51(45,46)48-34-37(42)33-41)35-47-39(43)31-29-27-25-23-21-19-16-14-12-10-8-6-4-2/h3,37-38,41-42H,1,4-36H2,2H3,(H,45,46)/t37-,38+/m0/s1. The highest BCUT2D eigenvalue weighted by atomic mass is 31.2. The molecule has 0 aromatic rings. The monoisotopic (exact) mass is 749 g/mol. The van der Waals surface area contributed by atoms with Gasteiger partial charge in [0, 0.05) is 12.8 Å². The average molecular weight is 749 g/mol. The van der Waals surface area contributed by atoms with Gasteiger partial charge in [0.1, 0.15) is 12.7 Å². The minimum atomic E-state index is -4.61. The second kappa shape index (κ2) is 37.0. The van der Waals surface area contributed by atoms with Gasteiger partial charge in [-0.2, -0.15) is 0 Å². The fourth-order valence-corrected chi connectivity index (χ4v) is 6.65. The van der Waals surface area contributed by atoms with E-state index in [0.717, 1.165) is 44.9 Å². The zero-order chi connectivity index (χ0) is 37.7. The lowest BCUT2D eigenvalue weighted by molar-refractivity contribution is -0.161. The van der Waals surface area contributed by atoms with Crippen molar-refractivity contribution in [2.45, 2.75) is 205 Å². The maximum absolute atomic E-state index is 12.6. The molecule has 3 N–H and O–H groups in total. The van der Waals surface area contributed by atoms with Crippen molar-refractivity contribution in [3.05, 3.63) is 12.7 Å². The smallest absolute Gasteiger partial charge is 0.462 e. The van der Waals surface area contributed by atoms with Gasteiger partial charge >= 0.3 is 19.8 Å². The fraction of sp³-hybridized carbons (Fsp3) is 0.900. The molecule has 51 heavy (non-hydrogen) atoms. The van der Waals surface area contributed by atoms with Crippen molar-refractivity contribution in [1.29, 1.82) is 0 Å². The largest absolute Gasteiger partial charge is 0.472 e. The van der Waals surface area contributed by atoms with Gasteiger partial charge in [-0.1, -0.05) is 161 Å². The highest BCUT2D eigenvalue weighted by Crippen LogP contribution is 2.43. The summed E-state index contributed by atoms with van der Waals surface area (Å²) in [5, 5.41) is 18.3. The third kappa shape index (κ3) is 36.8. The highest BCUT2D eigenvalue weighted by molar-refractivity contribution is 7.47. The Morgan fingerprint density at radius 1 is 0.608 bits per heavy atom. The number of rotatable bonds is 40. The SMILES string of the molecule is C=CCCCCCCCCCCCCCCCC(=O)O[C@H](COC(=O)CCCCCCCCCCCCCCC)COP(=O)(O)OC[C@@H](O)CO. The Balaban J connectivity index is 4.28. The number of phosphoric ester groups is 1. The molecule has 3 atom stereocenters. The Morgan fingerprint density at radius 3 is 1.43 bits per heavy atom. The van der Waals surface area contributed by atoms with Gasteiger partial charge in [-0.25, -0.2) is 4.57 Å². The molecule has 0 spiro atoms. The number of allylic oxidation sites excluding steroid dienone is 1. The number of hydrogen-bond donors (Lipinski definition) is 3. The van der Waals surface area contributed by atoms with Crippen molar-refractivity contribution in [1.82, 2.24) is 0 Å². The third-order valence-electron chi connectivity index (χ3n) is 9.07. The summed E-state index contributed by atoms with van der Waals surface area (Å²) in [6.45, 7) is 3.91. The van der Waals surface area contributed by atoms with E-state index in [4.69, 9.17) is 19.1 Å². The van der Waals surface area contributed by atoms with Crippen LogP contribution in [0, 0.1) is 0 Å². The van der Waals surface area contributed by atoms with E-state index in [9.17, 15) is 24.2 Å². The quantitative estimate of drug-likeness (QED) is 0.0239. The molecule has 0 saturated heterocycles. The molecular formula is C40H77O10P. The van der Waals surface area contributed by atoms with Crippen LogP contribution in [-0.2, 0) is 32.7 Å². The number of carbonyl (C=O) groups is 2. The van der Waals surface area contributed by atoms with E-state index in [1.54, 1.807) is 0 Å². The van der Waals surface area contributed by atoms with Crippen molar-refractivity contribution < 1.29 is 47.8 Å². The summed E-state index contributed by atoms with van der Waals surface area (Å²) in [5.74, 6) is -0.919. The molecule has 0 rings (SSSR count). The highest BCUT2D eigenvalue weighted by Gasteiger charge is 2.27. The van der Waals surface area contributed by atoms with Gasteiger partial charge in [-0.15, -0.1) is 6.58 Å². The van der Waals surface area contributed by atoms with Crippen LogP contribution in [0.25, 0.3) is 0 Å². The summed E-state index contributed by atoms with van der Waals surface area (Å²) < 4.78 is 32.6. The number of aliphatic hydroxyl groups is 2.